The van der Waals surface area contributed by atoms with Gasteiger partial charge in [-0.05, 0) is 60.4 Å². The Labute approximate surface area is 209 Å². The number of nitrogens with one attached hydrogen (secondary N) is 1. The van der Waals surface area contributed by atoms with E-state index < -0.39 is 44.0 Å². The summed E-state index contributed by atoms with van der Waals surface area (Å²) < 4.78 is 96.5. The lowest BCUT2D eigenvalue weighted by Crippen LogP contribution is -2.15. The average molecular weight is 535 g/mol. The lowest BCUT2D eigenvalue weighted by molar-refractivity contribution is -0.137. The number of pyridine rings is 1. The Kier molecular flexibility index (Phi) is 6.13. The van der Waals surface area contributed by atoms with Gasteiger partial charge in [-0.2, -0.15) is 13.2 Å². The van der Waals surface area contributed by atoms with Gasteiger partial charge < -0.3 is 0 Å². The molecule has 5 rings (SSSR count). The molecule has 3 aromatic rings. The zero-order chi connectivity index (χ0) is 26.5. The highest BCUT2D eigenvalue weighted by Gasteiger charge is 2.36. The molecular formula is C26H19F5N2O3S. The maximum atomic E-state index is 14.2. The first-order valence-corrected chi connectivity index (χ1v) is 12.8. The largest absolute Gasteiger partial charge is 0.417 e. The maximum Gasteiger partial charge on any atom is 0.417 e. The molecule has 0 spiro atoms. The van der Waals surface area contributed by atoms with Crippen molar-refractivity contribution >= 4 is 27.6 Å². The molecule has 11 heteroatoms. The summed E-state index contributed by atoms with van der Waals surface area (Å²) in [6.07, 6.45) is 0.632. The summed E-state index contributed by atoms with van der Waals surface area (Å²) in [4.78, 5) is 16.2. The summed E-state index contributed by atoms with van der Waals surface area (Å²) in [7, 11) is -4.51. The number of aromatic nitrogens is 1. The van der Waals surface area contributed by atoms with Crippen LogP contribution in [0.5, 0.6) is 0 Å². The Balaban J connectivity index is 1.55. The van der Waals surface area contributed by atoms with Crippen LogP contribution < -0.4 is 4.72 Å². The van der Waals surface area contributed by atoms with Crippen LogP contribution in [-0.2, 0) is 33.8 Å². The van der Waals surface area contributed by atoms with Gasteiger partial charge in [-0.3, -0.25) is 14.5 Å². The van der Waals surface area contributed by atoms with Gasteiger partial charge in [0.1, 0.15) is 5.78 Å². The fourth-order valence-corrected chi connectivity index (χ4v) is 5.33. The standard InChI is InChI=1S/C26H19F5N2O3S/c27-22-9-7-17(13-23(22)28)37(35,36)33-15-6-8-18(21(11-15)26(29,30)31)20-10-16(12-25(34)14-4-5-14)32-24-3-1-2-19(20)24/h1-2,6-11,13-14,33H,3-5,12H2. The molecular weight excluding hydrogens is 515 g/mol. The maximum absolute atomic E-state index is 14.2. The summed E-state index contributed by atoms with van der Waals surface area (Å²) in [6, 6.07) is 6.27. The van der Waals surface area contributed by atoms with Gasteiger partial charge in [-0.25, -0.2) is 17.2 Å². The number of halogens is 5. The molecule has 0 radical (unpaired) electrons. The Morgan fingerprint density at radius 2 is 1.76 bits per heavy atom. The second-order valence-corrected chi connectivity index (χ2v) is 10.7. The van der Waals surface area contributed by atoms with E-state index in [2.05, 4.69) is 4.98 Å². The number of fused-ring (bicyclic) bond motifs is 1. The van der Waals surface area contributed by atoms with E-state index in [0.717, 1.165) is 31.0 Å². The number of hydrogen-bond donors (Lipinski definition) is 1. The van der Waals surface area contributed by atoms with Crippen LogP contribution in [0.25, 0.3) is 17.2 Å². The van der Waals surface area contributed by atoms with E-state index in [9.17, 15) is 35.2 Å². The first kappa shape index (κ1) is 25.1. The minimum atomic E-state index is -4.86. The Morgan fingerprint density at radius 1 is 1.00 bits per heavy atom. The smallest absolute Gasteiger partial charge is 0.299 e. The number of anilines is 1. The van der Waals surface area contributed by atoms with Crippen LogP contribution in [0.1, 0.15) is 35.4 Å². The number of carbonyl (C=O) groups is 1. The van der Waals surface area contributed by atoms with Crippen molar-refractivity contribution in [2.45, 2.75) is 36.8 Å². The highest BCUT2D eigenvalue weighted by atomic mass is 32.2. The van der Waals surface area contributed by atoms with Crippen molar-refractivity contribution in [3.8, 4) is 11.1 Å². The predicted octanol–water partition coefficient (Wildman–Crippen LogP) is 5.94. The molecule has 2 aliphatic carbocycles. The molecule has 1 saturated carbocycles. The molecule has 0 bridgehead atoms. The second kappa shape index (κ2) is 9.05. The van der Waals surface area contributed by atoms with Crippen LogP contribution in [0.2, 0.25) is 0 Å². The lowest BCUT2D eigenvalue weighted by atomic mass is 9.93. The van der Waals surface area contributed by atoms with Gasteiger partial charge in [0.25, 0.3) is 10.0 Å². The fraction of sp³-hybridized carbons (Fsp3) is 0.231. The number of alkyl halides is 3. The van der Waals surface area contributed by atoms with Crippen LogP contribution in [0.4, 0.5) is 27.6 Å². The molecule has 37 heavy (non-hydrogen) atoms. The van der Waals surface area contributed by atoms with Crippen molar-refractivity contribution in [2.75, 3.05) is 4.72 Å². The van der Waals surface area contributed by atoms with Crippen LogP contribution in [-0.4, -0.2) is 19.2 Å². The minimum absolute atomic E-state index is 0.00221. The van der Waals surface area contributed by atoms with Crippen LogP contribution in [0.15, 0.2) is 53.4 Å². The lowest BCUT2D eigenvalue weighted by Gasteiger charge is -2.18. The molecule has 1 fully saturated rings. The number of sulfonamides is 1. The van der Waals surface area contributed by atoms with Crippen LogP contribution in [0.3, 0.4) is 0 Å². The van der Waals surface area contributed by atoms with Gasteiger partial charge in [0, 0.05) is 35.7 Å². The van der Waals surface area contributed by atoms with Crippen LogP contribution in [0, 0.1) is 17.6 Å². The zero-order valence-electron chi connectivity index (χ0n) is 19.1. The summed E-state index contributed by atoms with van der Waals surface area (Å²) in [5.41, 5.74) is -0.0354. The van der Waals surface area contributed by atoms with E-state index in [-0.39, 0.29) is 29.2 Å². The van der Waals surface area contributed by atoms with E-state index in [1.807, 2.05) is 4.72 Å². The molecule has 0 amide bonds. The molecule has 0 unspecified atom stereocenters. The number of rotatable bonds is 7. The predicted molar refractivity (Wildman–Crippen MR) is 126 cm³/mol. The molecule has 1 N–H and O–H groups in total. The number of ketones is 1. The molecule has 1 heterocycles. The van der Waals surface area contributed by atoms with E-state index >= 15 is 0 Å². The number of Topliss-reactive ketones (excluding diaryl/α,β-unsaturated/α-hetero) is 1. The minimum Gasteiger partial charge on any atom is -0.299 e. The Morgan fingerprint density at radius 3 is 2.43 bits per heavy atom. The number of benzene rings is 2. The monoisotopic (exact) mass is 534 g/mol. The molecule has 2 aromatic carbocycles. The van der Waals surface area contributed by atoms with Crippen molar-refractivity contribution in [1.82, 2.24) is 4.98 Å². The van der Waals surface area contributed by atoms with Crippen molar-refractivity contribution in [2.24, 2.45) is 5.92 Å². The average Bonchev–Trinajstić information content (AvgIpc) is 3.57. The third-order valence-electron chi connectivity index (χ3n) is 6.24. The number of allylic oxidation sites excluding steroid dienone is 1. The summed E-state index contributed by atoms with van der Waals surface area (Å²) in [5, 5.41) is 0. The quantitative estimate of drug-likeness (QED) is 0.381. The first-order valence-electron chi connectivity index (χ1n) is 11.3. The van der Waals surface area contributed by atoms with E-state index in [1.54, 1.807) is 12.2 Å². The summed E-state index contributed by atoms with van der Waals surface area (Å²) in [5.74, 6) is -2.70. The third kappa shape index (κ3) is 5.13. The Hall–Kier alpha value is -3.60. The highest BCUT2D eigenvalue weighted by Crippen LogP contribution is 2.42. The van der Waals surface area contributed by atoms with Crippen molar-refractivity contribution in [3.63, 3.8) is 0 Å². The normalized spacial score (nSPS) is 15.1. The molecule has 192 valence electrons. The van der Waals surface area contributed by atoms with Gasteiger partial charge in [0.2, 0.25) is 0 Å². The third-order valence-corrected chi connectivity index (χ3v) is 7.62. The van der Waals surface area contributed by atoms with Gasteiger partial charge in [0.15, 0.2) is 11.6 Å². The van der Waals surface area contributed by atoms with E-state index in [4.69, 9.17) is 0 Å². The fourth-order valence-electron chi connectivity index (χ4n) is 4.27. The summed E-state index contributed by atoms with van der Waals surface area (Å²) >= 11 is 0. The SMILES string of the molecule is O=C(Cc1cc(-c2ccc(NS(=O)(=O)c3ccc(F)c(F)c3)cc2C(F)(F)F)c2c(n1)CC=C2)C1CC1. The molecule has 0 atom stereocenters. The highest BCUT2D eigenvalue weighted by molar-refractivity contribution is 7.92. The molecule has 0 aliphatic heterocycles. The van der Waals surface area contributed by atoms with Crippen molar-refractivity contribution in [3.05, 3.63) is 82.7 Å². The first-order chi connectivity index (χ1) is 17.4. The van der Waals surface area contributed by atoms with Gasteiger partial charge in [-0.1, -0.05) is 18.2 Å². The molecule has 2 aliphatic rings. The van der Waals surface area contributed by atoms with Gasteiger partial charge in [0.05, 0.1) is 16.2 Å². The number of nitrogens with zero attached hydrogens (tertiary/aromatic N) is 1. The topological polar surface area (TPSA) is 76.1 Å². The Bertz CT molecular complexity index is 1560. The van der Waals surface area contributed by atoms with E-state index in [1.165, 1.54) is 6.07 Å². The number of carbonyl (C=O) groups excluding carboxylic acids is 1. The van der Waals surface area contributed by atoms with Crippen LogP contribution >= 0.6 is 0 Å². The van der Waals surface area contributed by atoms with Gasteiger partial charge >= 0.3 is 6.18 Å². The molecule has 5 nitrogen and oxygen atoms in total. The van der Waals surface area contributed by atoms with E-state index in [0.29, 0.717) is 41.6 Å². The second-order valence-electron chi connectivity index (χ2n) is 8.98. The van der Waals surface area contributed by atoms with Crippen molar-refractivity contribution < 1.29 is 35.2 Å². The van der Waals surface area contributed by atoms with Crippen molar-refractivity contribution in [1.29, 1.82) is 0 Å². The zero-order valence-corrected chi connectivity index (χ0v) is 19.9. The molecule has 1 aromatic heterocycles. The van der Waals surface area contributed by atoms with Gasteiger partial charge in [-0.15, -0.1) is 0 Å². The molecule has 0 saturated heterocycles. The summed E-state index contributed by atoms with van der Waals surface area (Å²) in [6.45, 7) is 0. The number of hydrogen-bond acceptors (Lipinski definition) is 4.